The van der Waals surface area contributed by atoms with Crippen LogP contribution in [0, 0.1) is 0 Å². The molecule has 24 heavy (non-hydrogen) atoms. The molecular formula is C22H30ClN. The summed E-state index contributed by atoms with van der Waals surface area (Å²) in [5.41, 5.74) is 4.30. The molecule has 0 saturated carbocycles. The molecule has 0 spiro atoms. The highest BCUT2D eigenvalue weighted by Gasteiger charge is 2.03. The van der Waals surface area contributed by atoms with E-state index in [1.54, 1.807) is 6.07 Å². The van der Waals surface area contributed by atoms with Crippen molar-refractivity contribution in [2.45, 2.75) is 47.0 Å². The Balaban J connectivity index is 0.000000420. The summed E-state index contributed by atoms with van der Waals surface area (Å²) in [5, 5.41) is 0.676. The Bertz CT molecular complexity index is 615. The fourth-order valence-corrected chi connectivity index (χ4v) is 2.13. The van der Waals surface area contributed by atoms with Crippen LogP contribution in [-0.2, 0) is 0 Å². The smallest absolute Gasteiger partial charge is 0.0712 e. The van der Waals surface area contributed by atoms with Crippen LogP contribution in [0.1, 0.15) is 58.1 Å². The van der Waals surface area contributed by atoms with Gasteiger partial charge in [0.1, 0.15) is 0 Å². The van der Waals surface area contributed by atoms with E-state index in [-0.39, 0.29) is 0 Å². The zero-order chi connectivity index (χ0) is 18.5. The molecule has 0 radical (unpaired) electrons. The average Bonchev–Trinajstić information content (AvgIpc) is 2.63. The van der Waals surface area contributed by atoms with Crippen LogP contribution in [0.15, 0.2) is 60.1 Å². The first-order valence-electron chi connectivity index (χ1n) is 8.49. The van der Waals surface area contributed by atoms with E-state index >= 15 is 0 Å². The van der Waals surface area contributed by atoms with Gasteiger partial charge in [0.25, 0.3) is 0 Å². The van der Waals surface area contributed by atoms with Crippen molar-refractivity contribution in [2.75, 3.05) is 0 Å². The van der Waals surface area contributed by atoms with Gasteiger partial charge in [-0.3, -0.25) is 4.99 Å². The fraction of sp³-hybridized carbons (Fsp3) is 0.318. The van der Waals surface area contributed by atoms with Gasteiger partial charge in [-0.25, -0.2) is 0 Å². The lowest BCUT2D eigenvalue weighted by atomic mass is 10.0. The van der Waals surface area contributed by atoms with Crippen molar-refractivity contribution in [1.82, 2.24) is 0 Å². The van der Waals surface area contributed by atoms with Gasteiger partial charge in [-0.15, -0.1) is 0 Å². The number of allylic oxidation sites excluding steroid dienone is 1. The molecule has 0 N–H and O–H groups in total. The summed E-state index contributed by atoms with van der Waals surface area (Å²) in [5.74, 6) is 0.659. The molecule has 2 heteroatoms. The summed E-state index contributed by atoms with van der Waals surface area (Å²) in [7, 11) is 0. The topological polar surface area (TPSA) is 12.4 Å². The molecule has 0 unspecified atom stereocenters. The van der Waals surface area contributed by atoms with Gasteiger partial charge in [0.05, 0.1) is 5.69 Å². The molecule has 0 fully saturated rings. The monoisotopic (exact) mass is 343 g/mol. The molecule has 2 rings (SSSR count). The quantitative estimate of drug-likeness (QED) is 0.499. The third kappa shape index (κ3) is 7.61. The molecule has 0 atom stereocenters. The molecule has 0 amide bonds. The number of rotatable bonds is 4. The average molecular weight is 344 g/mol. The molecule has 2 aromatic rings. The summed E-state index contributed by atoms with van der Waals surface area (Å²) < 4.78 is 0. The van der Waals surface area contributed by atoms with E-state index in [1.807, 2.05) is 32.0 Å². The minimum absolute atomic E-state index is 0.659. The van der Waals surface area contributed by atoms with Crippen LogP contribution in [0.3, 0.4) is 0 Å². The Hall–Kier alpha value is -1.86. The van der Waals surface area contributed by atoms with Crippen molar-refractivity contribution in [3.8, 4) is 0 Å². The molecule has 0 heterocycles. The highest BCUT2D eigenvalue weighted by molar-refractivity contribution is 6.30. The molecule has 0 aliphatic heterocycles. The maximum Gasteiger partial charge on any atom is 0.0712 e. The number of aliphatic imine (C=N–C) groups is 1. The molecule has 0 saturated heterocycles. The van der Waals surface area contributed by atoms with Crippen molar-refractivity contribution in [3.63, 3.8) is 0 Å². The lowest BCUT2D eigenvalue weighted by molar-refractivity contribution is 0.867. The number of hydrogen-bond donors (Lipinski definition) is 0. The fourth-order valence-electron chi connectivity index (χ4n) is 1.96. The first kappa shape index (κ1) is 22.1. The summed E-state index contributed by atoms with van der Waals surface area (Å²) in [6, 6.07) is 16.1. The predicted molar refractivity (Wildman–Crippen MR) is 112 cm³/mol. The molecule has 0 aliphatic rings. The van der Waals surface area contributed by atoms with E-state index in [9.17, 15) is 0 Å². The minimum Gasteiger partial charge on any atom is -0.264 e. The van der Waals surface area contributed by atoms with E-state index in [1.165, 1.54) is 5.56 Å². The van der Waals surface area contributed by atoms with Crippen molar-refractivity contribution in [3.05, 3.63) is 71.3 Å². The van der Waals surface area contributed by atoms with E-state index in [4.69, 9.17) is 11.6 Å². The number of benzene rings is 2. The summed E-state index contributed by atoms with van der Waals surface area (Å²) >= 11 is 5.83. The van der Waals surface area contributed by atoms with Crippen LogP contribution < -0.4 is 0 Å². The zero-order valence-corrected chi connectivity index (χ0v) is 16.4. The lowest BCUT2D eigenvalue weighted by Gasteiger charge is -2.06. The Labute approximate surface area is 153 Å². The van der Waals surface area contributed by atoms with E-state index in [0.29, 0.717) is 10.9 Å². The number of hydrogen-bond acceptors (Lipinski definition) is 1. The van der Waals surface area contributed by atoms with Crippen molar-refractivity contribution >= 4 is 29.6 Å². The molecule has 0 aliphatic carbocycles. The molecule has 1 nitrogen and oxygen atoms in total. The minimum atomic E-state index is 0.659. The van der Waals surface area contributed by atoms with E-state index in [0.717, 1.165) is 23.2 Å². The standard InChI is InChI=1S/C11H12ClN.C9H12.C2H6/c1-4-8(2)10-6-5-9(12)7-11(10)13-3;1-8(2)9-6-4-3-5-7-9;1-2/h5-7H,2-4H2,1H3;3-8H,1-2H3;1-2H3. The Kier molecular flexibility index (Phi) is 11.6. The van der Waals surface area contributed by atoms with Crippen LogP contribution >= 0.6 is 11.6 Å². The Morgan fingerprint density at radius 3 is 2.08 bits per heavy atom. The second-order valence-corrected chi connectivity index (χ2v) is 5.78. The van der Waals surface area contributed by atoms with Crippen molar-refractivity contribution < 1.29 is 0 Å². The predicted octanol–water partition coefficient (Wildman–Crippen LogP) is 7.93. The highest BCUT2D eigenvalue weighted by atomic mass is 35.5. The Morgan fingerprint density at radius 1 is 1.08 bits per heavy atom. The van der Waals surface area contributed by atoms with Gasteiger partial charge in [-0.1, -0.05) is 89.2 Å². The summed E-state index contributed by atoms with van der Waals surface area (Å²) in [6.45, 7) is 17.9. The van der Waals surface area contributed by atoms with Crippen LogP contribution in [0.2, 0.25) is 5.02 Å². The zero-order valence-electron chi connectivity index (χ0n) is 15.6. The third-order valence-electron chi connectivity index (χ3n) is 3.40. The van der Waals surface area contributed by atoms with Crippen molar-refractivity contribution in [2.24, 2.45) is 4.99 Å². The van der Waals surface area contributed by atoms with Gasteiger partial charge in [0.2, 0.25) is 0 Å². The van der Waals surface area contributed by atoms with Gasteiger partial charge in [0.15, 0.2) is 0 Å². The van der Waals surface area contributed by atoms with Gasteiger partial charge >= 0.3 is 0 Å². The highest BCUT2D eigenvalue weighted by Crippen LogP contribution is 2.29. The maximum atomic E-state index is 5.83. The van der Waals surface area contributed by atoms with E-state index < -0.39 is 0 Å². The molecular weight excluding hydrogens is 314 g/mol. The van der Waals surface area contributed by atoms with Gasteiger partial charge in [0, 0.05) is 10.6 Å². The first-order valence-corrected chi connectivity index (χ1v) is 8.86. The Morgan fingerprint density at radius 2 is 1.67 bits per heavy atom. The van der Waals surface area contributed by atoms with Crippen LogP contribution in [-0.4, -0.2) is 6.72 Å². The first-order chi connectivity index (χ1) is 11.5. The van der Waals surface area contributed by atoms with Crippen LogP contribution in [0.25, 0.3) is 5.57 Å². The molecule has 0 aromatic heterocycles. The molecule has 130 valence electrons. The summed E-state index contributed by atoms with van der Waals surface area (Å²) in [4.78, 5) is 3.91. The normalized spacial score (nSPS) is 9.29. The third-order valence-corrected chi connectivity index (χ3v) is 3.64. The maximum absolute atomic E-state index is 5.83. The van der Waals surface area contributed by atoms with E-state index in [2.05, 4.69) is 63.3 Å². The van der Waals surface area contributed by atoms with Gasteiger partial charge < -0.3 is 0 Å². The number of halogens is 1. The van der Waals surface area contributed by atoms with Crippen LogP contribution in [0.4, 0.5) is 5.69 Å². The van der Waals surface area contributed by atoms with Crippen molar-refractivity contribution in [1.29, 1.82) is 0 Å². The summed E-state index contributed by atoms with van der Waals surface area (Å²) in [6.07, 6.45) is 0.907. The van der Waals surface area contributed by atoms with Gasteiger partial charge in [-0.05, 0) is 42.3 Å². The second-order valence-electron chi connectivity index (χ2n) is 5.34. The number of nitrogens with zero attached hydrogens (tertiary/aromatic N) is 1. The lowest BCUT2D eigenvalue weighted by Crippen LogP contribution is -1.83. The SMILES string of the molecule is C=Nc1cc(Cl)ccc1C(=C)CC.CC.CC(C)c1ccccc1. The molecule has 2 aromatic carbocycles. The second kappa shape index (κ2) is 12.5. The van der Waals surface area contributed by atoms with Gasteiger partial charge in [-0.2, -0.15) is 0 Å². The van der Waals surface area contributed by atoms with Crippen LogP contribution in [0.5, 0.6) is 0 Å². The largest absolute Gasteiger partial charge is 0.264 e. The molecule has 0 bridgehead atoms.